The Balaban J connectivity index is 1.59. The van der Waals surface area contributed by atoms with E-state index in [4.69, 9.17) is 4.74 Å². The van der Waals surface area contributed by atoms with Gasteiger partial charge in [-0.1, -0.05) is 24.3 Å². The van der Waals surface area contributed by atoms with Gasteiger partial charge in [-0.15, -0.1) is 15.0 Å². The first-order valence-electron chi connectivity index (χ1n) is 12.3. The van der Waals surface area contributed by atoms with E-state index < -0.39 is 0 Å². The Morgan fingerprint density at radius 2 is 1.86 bits per heavy atom. The van der Waals surface area contributed by atoms with Crippen molar-refractivity contribution in [3.05, 3.63) is 66.0 Å². The smallest absolute Gasteiger partial charge is 0.230 e. The molecular weight excluding hydrogens is 456 g/mol. The molecule has 0 radical (unpaired) electrons. The van der Waals surface area contributed by atoms with Gasteiger partial charge in [0.25, 0.3) is 0 Å². The van der Waals surface area contributed by atoms with Crippen molar-refractivity contribution in [1.82, 2.24) is 20.2 Å². The zero-order valence-electron chi connectivity index (χ0n) is 21.1. The quantitative estimate of drug-likeness (QED) is 0.491. The Hall–Kier alpha value is -3.56. The minimum absolute atomic E-state index is 0.0200. The number of nitrogens with zero attached hydrogens (tertiary/aromatic N) is 6. The van der Waals surface area contributed by atoms with Gasteiger partial charge < -0.3 is 19.6 Å². The zero-order chi connectivity index (χ0) is 25.5. The van der Waals surface area contributed by atoms with E-state index in [1.165, 1.54) is 4.80 Å². The lowest BCUT2D eigenvalue weighted by Gasteiger charge is -2.30. The molecule has 1 aliphatic carbocycles. The number of carbonyl (C=O) groups excluding carboxylic acids is 1. The predicted octanol–water partition coefficient (Wildman–Crippen LogP) is 3.47. The average molecular weight is 491 g/mol. The molecule has 36 heavy (non-hydrogen) atoms. The molecule has 1 aliphatic rings. The van der Waals surface area contributed by atoms with Gasteiger partial charge >= 0.3 is 0 Å². The van der Waals surface area contributed by atoms with E-state index in [1.807, 2.05) is 79.7 Å². The van der Waals surface area contributed by atoms with Crippen LogP contribution in [0.25, 0.3) is 11.8 Å². The highest BCUT2D eigenvalue weighted by atomic mass is 16.5. The van der Waals surface area contributed by atoms with Gasteiger partial charge in [0.2, 0.25) is 5.91 Å². The third-order valence-corrected chi connectivity index (χ3v) is 6.42. The van der Waals surface area contributed by atoms with Crippen LogP contribution in [0.2, 0.25) is 0 Å². The Bertz CT molecular complexity index is 1170. The first-order valence-corrected chi connectivity index (χ1v) is 12.3. The van der Waals surface area contributed by atoms with Crippen molar-refractivity contribution in [3.8, 4) is 5.69 Å². The third kappa shape index (κ3) is 6.35. The number of amides is 1. The number of hydrogen-bond acceptors (Lipinski definition) is 7. The van der Waals surface area contributed by atoms with Crippen molar-refractivity contribution in [2.75, 3.05) is 37.6 Å². The van der Waals surface area contributed by atoms with Gasteiger partial charge in [-0.25, -0.2) is 0 Å². The number of hydrogen-bond donors (Lipinski definition) is 1. The number of carbonyl (C=O) groups is 1. The third-order valence-electron chi connectivity index (χ3n) is 6.42. The Labute approximate surface area is 212 Å². The number of anilines is 2. The molecule has 1 aromatic heterocycles. The number of aliphatic hydroxyl groups excluding tert-OH is 1. The number of aromatic nitrogens is 4. The molecule has 0 unspecified atom stereocenters. The van der Waals surface area contributed by atoms with Crippen LogP contribution < -0.4 is 9.80 Å². The summed E-state index contributed by atoms with van der Waals surface area (Å²) in [5.41, 5.74) is 3.62. The van der Waals surface area contributed by atoms with Gasteiger partial charge in [-0.05, 0) is 72.9 Å². The summed E-state index contributed by atoms with van der Waals surface area (Å²) >= 11 is 0. The van der Waals surface area contributed by atoms with Crippen LogP contribution in [0.15, 0.2) is 54.6 Å². The van der Waals surface area contributed by atoms with E-state index >= 15 is 0 Å². The molecule has 9 heteroatoms. The predicted molar refractivity (Wildman–Crippen MR) is 140 cm³/mol. The largest absolute Gasteiger partial charge is 0.393 e. The molecule has 0 aliphatic heterocycles. The maximum atomic E-state index is 13.7. The van der Waals surface area contributed by atoms with Crippen LogP contribution in [0.4, 0.5) is 11.4 Å². The van der Waals surface area contributed by atoms with Crippen molar-refractivity contribution >= 4 is 23.4 Å². The van der Waals surface area contributed by atoms with Gasteiger partial charge in [0, 0.05) is 38.5 Å². The van der Waals surface area contributed by atoms with Crippen LogP contribution in [0.3, 0.4) is 0 Å². The fourth-order valence-electron chi connectivity index (χ4n) is 4.36. The van der Waals surface area contributed by atoms with Gasteiger partial charge in [-0.2, -0.15) is 0 Å². The van der Waals surface area contributed by atoms with Crippen LogP contribution in [0.1, 0.15) is 37.1 Å². The number of methoxy groups -OCH3 is 1. The topological polar surface area (TPSA) is 96.6 Å². The summed E-state index contributed by atoms with van der Waals surface area (Å²) < 4.78 is 5.10. The molecule has 190 valence electrons. The Kier molecular flexibility index (Phi) is 8.45. The van der Waals surface area contributed by atoms with E-state index in [2.05, 4.69) is 15.4 Å². The lowest BCUT2D eigenvalue weighted by molar-refractivity contribution is -0.124. The summed E-state index contributed by atoms with van der Waals surface area (Å²) in [4.78, 5) is 18.9. The fraction of sp³-hybridized carbons (Fsp3) is 0.407. The Morgan fingerprint density at radius 1 is 1.11 bits per heavy atom. The number of ether oxygens (including phenoxy) is 1. The van der Waals surface area contributed by atoms with E-state index in [9.17, 15) is 9.90 Å². The van der Waals surface area contributed by atoms with E-state index in [0.29, 0.717) is 38.1 Å². The molecule has 2 aromatic carbocycles. The van der Waals surface area contributed by atoms with Gasteiger partial charge in [0.05, 0.1) is 24.9 Å². The first-order chi connectivity index (χ1) is 17.4. The van der Waals surface area contributed by atoms with Crippen molar-refractivity contribution in [2.45, 2.75) is 38.3 Å². The first kappa shape index (κ1) is 25.5. The number of benzene rings is 2. The maximum absolute atomic E-state index is 13.7. The highest BCUT2D eigenvalue weighted by Crippen LogP contribution is 2.29. The summed E-state index contributed by atoms with van der Waals surface area (Å²) in [7, 11) is 5.63. The molecule has 9 nitrogen and oxygen atoms in total. The molecule has 1 amide bonds. The molecule has 1 saturated carbocycles. The molecular formula is C27H34N6O3. The minimum atomic E-state index is -0.322. The maximum Gasteiger partial charge on any atom is 0.230 e. The molecule has 0 atom stereocenters. The molecule has 1 fully saturated rings. The highest BCUT2D eigenvalue weighted by Gasteiger charge is 2.30. The van der Waals surface area contributed by atoms with Crippen LogP contribution >= 0.6 is 0 Å². The van der Waals surface area contributed by atoms with Crippen LogP contribution in [-0.2, 0) is 16.1 Å². The lowest BCUT2D eigenvalue weighted by Crippen LogP contribution is -2.38. The number of rotatable bonds is 9. The van der Waals surface area contributed by atoms with Gasteiger partial charge in [0.1, 0.15) is 0 Å². The van der Waals surface area contributed by atoms with Crippen LogP contribution in [0, 0.1) is 5.92 Å². The van der Waals surface area contributed by atoms with Crippen molar-refractivity contribution < 1.29 is 14.6 Å². The zero-order valence-corrected chi connectivity index (χ0v) is 21.1. The van der Waals surface area contributed by atoms with Crippen LogP contribution in [-0.4, -0.2) is 65.1 Å². The second-order valence-corrected chi connectivity index (χ2v) is 9.29. The van der Waals surface area contributed by atoms with Gasteiger partial charge in [-0.3, -0.25) is 4.79 Å². The normalized spacial score (nSPS) is 17.9. The van der Waals surface area contributed by atoms with E-state index in [1.54, 1.807) is 12.0 Å². The summed E-state index contributed by atoms with van der Waals surface area (Å²) in [6, 6.07) is 15.7. The molecule has 4 rings (SSSR count). The summed E-state index contributed by atoms with van der Waals surface area (Å²) in [6.07, 6.45) is 6.20. The van der Waals surface area contributed by atoms with Crippen molar-refractivity contribution in [1.29, 1.82) is 0 Å². The van der Waals surface area contributed by atoms with Crippen molar-refractivity contribution in [3.63, 3.8) is 0 Å². The molecule has 0 bridgehead atoms. The fourth-order valence-corrected chi connectivity index (χ4v) is 4.36. The molecule has 0 saturated heterocycles. The summed E-state index contributed by atoms with van der Waals surface area (Å²) in [5, 5.41) is 22.9. The molecule has 0 spiro atoms. The average Bonchev–Trinajstić information content (AvgIpc) is 3.36. The SMILES string of the molecule is COC/C=C/c1cccc(N(Cc2nnn(-c3ccc(N(C)C)cc3)n2)C(=O)C2CCC(O)CC2)c1. The molecule has 1 N–H and O–H groups in total. The van der Waals surface area contributed by atoms with E-state index in [0.717, 1.165) is 22.6 Å². The van der Waals surface area contributed by atoms with Gasteiger partial charge in [0.15, 0.2) is 5.82 Å². The summed E-state index contributed by atoms with van der Waals surface area (Å²) in [5.74, 6) is 0.331. The lowest BCUT2D eigenvalue weighted by atomic mass is 9.86. The number of aliphatic hydroxyl groups is 1. The standard InChI is InChI=1S/C27H34N6O3/c1-31(2)22-11-13-23(14-12-22)33-29-26(28-30-33)19-32(27(35)21-9-15-25(34)16-10-21)24-8-4-6-20(18-24)7-5-17-36-3/h4-8,11-14,18,21,25,34H,9-10,15-17,19H2,1-3H3/b7-5+. The van der Waals surface area contributed by atoms with Crippen molar-refractivity contribution in [2.24, 2.45) is 5.92 Å². The minimum Gasteiger partial charge on any atom is -0.393 e. The monoisotopic (exact) mass is 490 g/mol. The van der Waals surface area contributed by atoms with E-state index in [-0.39, 0.29) is 24.5 Å². The second-order valence-electron chi connectivity index (χ2n) is 9.29. The Morgan fingerprint density at radius 3 is 2.56 bits per heavy atom. The second kappa shape index (κ2) is 11.9. The molecule has 1 heterocycles. The summed E-state index contributed by atoms with van der Waals surface area (Å²) in [6.45, 7) is 0.721. The molecule has 3 aromatic rings. The number of tetrazole rings is 1. The highest BCUT2D eigenvalue weighted by molar-refractivity contribution is 5.95. The van der Waals surface area contributed by atoms with Crippen LogP contribution in [0.5, 0.6) is 0 Å².